The van der Waals surface area contributed by atoms with Crippen LogP contribution in [0.15, 0.2) is 28.7 Å². The summed E-state index contributed by atoms with van der Waals surface area (Å²) in [5.74, 6) is -0.352. The van der Waals surface area contributed by atoms with Crippen LogP contribution in [0.2, 0.25) is 0 Å². The highest BCUT2D eigenvalue weighted by molar-refractivity contribution is 9.10. The van der Waals surface area contributed by atoms with Gasteiger partial charge in [0, 0.05) is 22.9 Å². The van der Waals surface area contributed by atoms with Crippen LogP contribution >= 0.6 is 27.3 Å². The standard InChI is InChI=1S/C15H17BrN2O2S/c1-4-20-14(19)13-10(2)21-15(17-13)18(3)9-11-5-7-12(16)8-6-11/h5-8H,4,9H2,1-3H3. The molecular weight excluding hydrogens is 352 g/mol. The molecule has 0 bridgehead atoms. The molecule has 0 spiro atoms. The number of rotatable bonds is 5. The van der Waals surface area contributed by atoms with E-state index >= 15 is 0 Å². The smallest absolute Gasteiger partial charge is 0.358 e. The van der Waals surface area contributed by atoms with Crippen LogP contribution in [0.3, 0.4) is 0 Å². The number of thiazole rings is 1. The highest BCUT2D eigenvalue weighted by atomic mass is 79.9. The first-order valence-corrected chi connectivity index (χ1v) is 8.22. The molecule has 0 aliphatic rings. The monoisotopic (exact) mass is 368 g/mol. The number of aromatic nitrogens is 1. The first-order valence-electron chi connectivity index (χ1n) is 6.61. The Morgan fingerprint density at radius 3 is 2.67 bits per heavy atom. The van der Waals surface area contributed by atoms with Gasteiger partial charge >= 0.3 is 5.97 Å². The van der Waals surface area contributed by atoms with Crippen LogP contribution in [0.4, 0.5) is 5.13 Å². The van der Waals surface area contributed by atoms with E-state index in [4.69, 9.17) is 4.74 Å². The van der Waals surface area contributed by atoms with Crippen molar-refractivity contribution in [1.29, 1.82) is 0 Å². The van der Waals surface area contributed by atoms with Gasteiger partial charge in [-0.1, -0.05) is 28.1 Å². The fraction of sp³-hybridized carbons (Fsp3) is 0.333. The molecule has 6 heteroatoms. The van der Waals surface area contributed by atoms with E-state index in [1.165, 1.54) is 16.9 Å². The Balaban J connectivity index is 2.12. The summed E-state index contributed by atoms with van der Waals surface area (Å²) in [5, 5.41) is 0.818. The number of aryl methyl sites for hydroxylation is 1. The third kappa shape index (κ3) is 4.04. The van der Waals surface area contributed by atoms with Gasteiger partial charge in [0.25, 0.3) is 0 Å². The van der Waals surface area contributed by atoms with Crippen LogP contribution in [-0.2, 0) is 11.3 Å². The lowest BCUT2D eigenvalue weighted by molar-refractivity contribution is 0.0519. The van der Waals surface area contributed by atoms with Crippen molar-refractivity contribution in [3.05, 3.63) is 44.9 Å². The molecule has 0 amide bonds. The van der Waals surface area contributed by atoms with E-state index in [9.17, 15) is 4.79 Å². The minimum atomic E-state index is -0.352. The van der Waals surface area contributed by atoms with Crippen LogP contribution in [0.25, 0.3) is 0 Å². The summed E-state index contributed by atoms with van der Waals surface area (Å²) in [6.07, 6.45) is 0. The largest absolute Gasteiger partial charge is 0.461 e. The fourth-order valence-electron chi connectivity index (χ4n) is 1.87. The van der Waals surface area contributed by atoms with Gasteiger partial charge in [0.15, 0.2) is 10.8 Å². The van der Waals surface area contributed by atoms with Crippen molar-refractivity contribution in [3.8, 4) is 0 Å². The van der Waals surface area contributed by atoms with Crippen LogP contribution in [0, 0.1) is 6.92 Å². The van der Waals surface area contributed by atoms with Gasteiger partial charge in [-0.05, 0) is 31.5 Å². The lowest BCUT2D eigenvalue weighted by Crippen LogP contribution is -2.16. The van der Waals surface area contributed by atoms with Gasteiger partial charge in [-0.3, -0.25) is 0 Å². The Labute approximate surface area is 136 Å². The summed E-state index contributed by atoms with van der Waals surface area (Å²) in [6, 6.07) is 8.15. The van der Waals surface area contributed by atoms with E-state index in [1.54, 1.807) is 6.92 Å². The van der Waals surface area contributed by atoms with Crippen molar-refractivity contribution in [2.75, 3.05) is 18.6 Å². The molecule has 2 rings (SSSR count). The Kier molecular flexibility index (Phi) is 5.36. The molecule has 0 saturated carbocycles. The summed E-state index contributed by atoms with van der Waals surface area (Å²) in [4.78, 5) is 19.1. The summed E-state index contributed by atoms with van der Waals surface area (Å²) < 4.78 is 6.07. The molecule has 1 aromatic carbocycles. The van der Waals surface area contributed by atoms with Crippen molar-refractivity contribution in [2.45, 2.75) is 20.4 Å². The summed E-state index contributed by atoms with van der Waals surface area (Å²) >= 11 is 4.93. The highest BCUT2D eigenvalue weighted by Gasteiger charge is 2.18. The second kappa shape index (κ2) is 7.04. The first-order chi connectivity index (χ1) is 10.0. The maximum absolute atomic E-state index is 11.8. The molecule has 4 nitrogen and oxygen atoms in total. The number of anilines is 1. The average molecular weight is 369 g/mol. The van der Waals surface area contributed by atoms with Gasteiger partial charge in [-0.25, -0.2) is 9.78 Å². The van der Waals surface area contributed by atoms with Crippen molar-refractivity contribution in [1.82, 2.24) is 4.98 Å². The highest BCUT2D eigenvalue weighted by Crippen LogP contribution is 2.26. The number of hydrogen-bond donors (Lipinski definition) is 0. The molecule has 0 unspecified atom stereocenters. The lowest BCUT2D eigenvalue weighted by atomic mass is 10.2. The molecule has 0 radical (unpaired) electrons. The zero-order chi connectivity index (χ0) is 15.4. The third-order valence-electron chi connectivity index (χ3n) is 2.91. The maximum Gasteiger partial charge on any atom is 0.358 e. The van der Waals surface area contributed by atoms with Crippen molar-refractivity contribution < 1.29 is 9.53 Å². The quantitative estimate of drug-likeness (QED) is 0.747. The van der Waals surface area contributed by atoms with Gasteiger partial charge in [-0.15, -0.1) is 11.3 Å². The molecule has 0 aliphatic heterocycles. The molecule has 0 N–H and O–H groups in total. The van der Waals surface area contributed by atoms with Crippen molar-refractivity contribution in [2.24, 2.45) is 0 Å². The summed E-state index contributed by atoms with van der Waals surface area (Å²) in [5.41, 5.74) is 1.60. The second-order valence-corrected chi connectivity index (χ2v) is 6.70. The van der Waals surface area contributed by atoms with E-state index in [2.05, 4.69) is 33.0 Å². The van der Waals surface area contributed by atoms with Crippen LogP contribution in [0.5, 0.6) is 0 Å². The fourth-order valence-corrected chi connectivity index (χ4v) is 2.99. The molecular formula is C15H17BrN2O2S. The Morgan fingerprint density at radius 1 is 1.38 bits per heavy atom. The minimum absolute atomic E-state index is 0.352. The van der Waals surface area contributed by atoms with Crippen molar-refractivity contribution >= 4 is 38.4 Å². The van der Waals surface area contributed by atoms with E-state index in [-0.39, 0.29) is 5.97 Å². The Morgan fingerprint density at radius 2 is 2.05 bits per heavy atom. The predicted molar refractivity (Wildman–Crippen MR) is 89.1 cm³/mol. The molecule has 112 valence electrons. The van der Waals surface area contributed by atoms with Crippen LogP contribution in [-0.4, -0.2) is 24.6 Å². The van der Waals surface area contributed by atoms with Gasteiger partial charge in [0.05, 0.1) is 6.61 Å². The molecule has 1 aromatic heterocycles. The van der Waals surface area contributed by atoms with E-state index in [0.717, 1.165) is 21.0 Å². The van der Waals surface area contributed by atoms with Crippen LogP contribution < -0.4 is 4.90 Å². The second-order valence-electron chi connectivity index (χ2n) is 4.60. The first kappa shape index (κ1) is 16.0. The van der Waals surface area contributed by atoms with Crippen LogP contribution in [0.1, 0.15) is 27.9 Å². The third-order valence-corrected chi connectivity index (χ3v) is 4.53. The normalized spacial score (nSPS) is 10.5. The molecule has 0 fully saturated rings. The molecule has 2 aromatic rings. The lowest BCUT2D eigenvalue weighted by Gasteiger charge is -2.15. The number of halogens is 1. The topological polar surface area (TPSA) is 42.4 Å². The predicted octanol–water partition coefficient (Wildman–Crippen LogP) is 4.03. The zero-order valence-electron chi connectivity index (χ0n) is 12.2. The molecule has 21 heavy (non-hydrogen) atoms. The molecule has 0 atom stereocenters. The SMILES string of the molecule is CCOC(=O)c1nc(N(C)Cc2ccc(Br)cc2)sc1C. The number of nitrogens with zero attached hydrogens (tertiary/aromatic N) is 2. The minimum Gasteiger partial charge on any atom is -0.461 e. The number of carbonyl (C=O) groups is 1. The van der Waals surface area contributed by atoms with Gasteiger partial charge in [-0.2, -0.15) is 0 Å². The van der Waals surface area contributed by atoms with E-state index in [1.807, 2.05) is 31.0 Å². The summed E-state index contributed by atoms with van der Waals surface area (Å²) in [7, 11) is 1.97. The summed E-state index contributed by atoms with van der Waals surface area (Å²) in [6.45, 7) is 4.78. The number of benzene rings is 1. The average Bonchev–Trinajstić information content (AvgIpc) is 2.84. The molecule has 0 saturated heterocycles. The Bertz CT molecular complexity index is 625. The number of ether oxygens (including phenoxy) is 1. The number of hydrogen-bond acceptors (Lipinski definition) is 5. The number of esters is 1. The molecule has 0 aliphatic carbocycles. The number of carbonyl (C=O) groups excluding carboxylic acids is 1. The Hall–Kier alpha value is -1.40. The van der Waals surface area contributed by atoms with E-state index in [0.29, 0.717) is 12.3 Å². The van der Waals surface area contributed by atoms with E-state index < -0.39 is 0 Å². The maximum atomic E-state index is 11.8. The van der Waals surface area contributed by atoms with Gasteiger partial charge in [0.1, 0.15) is 0 Å². The van der Waals surface area contributed by atoms with Crippen molar-refractivity contribution in [3.63, 3.8) is 0 Å². The van der Waals surface area contributed by atoms with Gasteiger partial charge < -0.3 is 9.64 Å². The molecule has 1 heterocycles. The van der Waals surface area contributed by atoms with Gasteiger partial charge in [0.2, 0.25) is 0 Å². The zero-order valence-corrected chi connectivity index (χ0v) is 14.6.